The van der Waals surface area contributed by atoms with Gasteiger partial charge in [0, 0.05) is 0 Å². The van der Waals surface area contributed by atoms with Crippen LogP contribution in [0.1, 0.15) is 0 Å². The maximum atomic E-state index is 9.09. The number of hydrogen-bond donors (Lipinski definition) is 0. The van der Waals surface area contributed by atoms with Gasteiger partial charge in [-0.05, 0) is 63.1 Å². The van der Waals surface area contributed by atoms with E-state index in [-0.39, 0.29) is 0 Å². The first-order chi connectivity index (χ1) is 38.5. The molecule has 4 nitrogen and oxygen atoms in total. The van der Waals surface area contributed by atoms with Crippen LogP contribution in [-0.2, 0) is 16.5 Å². The lowest BCUT2D eigenvalue weighted by atomic mass is 10.3. The maximum absolute atomic E-state index is 9.09. The van der Waals surface area contributed by atoms with E-state index in [0.717, 1.165) is 57.1 Å². The van der Waals surface area contributed by atoms with Gasteiger partial charge in [0.2, 0.25) is 0 Å². The molecule has 0 aliphatic rings. The smallest absolute Gasteiger partial charge is 0.390 e. The number of benzene rings is 11. The third kappa shape index (κ3) is 10.1. The Morgan fingerprint density at radius 1 is 0.218 bits per heavy atom. The molecule has 0 unspecified atom stereocenters. The minimum atomic E-state index is -4.38. The molecule has 0 fully saturated rings. The Morgan fingerprint density at radius 3 is 0.615 bits per heavy atom. The molecule has 11 aromatic rings. The van der Waals surface area contributed by atoms with E-state index in [1.54, 1.807) is 0 Å². The summed E-state index contributed by atoms with van der Waals surface area (Å²) in [7, 11) is -20.0. The van der Waals surface area contributed by atoms with Crippen LogP contribution in [0.2, 0.25) is 6.04 Å². The Kier molecular flexibility index (Phi) is 15.9. The van der Waals surface area contributed by atoms with E-state index in [9.17, 15) is 0 Å². The zero-order chi connectivity index (χ0) is 53.0. The van der Waals surface area contributed by atoms with Crippen molar-refractivity contribution < 1.29 is 16.5 Å². The molecule has 0 radical (unpaired) electrons. The molecule has 78 heavy (non-hydrogen) atoms. The quantitative estimate of drug-likeness (QED) is 0.0412. The van der Waals surface area contributed by atoms with Crippen LogP contribution >= 0.6 is 0 Å². The number of allylic oxidation sites excluding steroid dienone is 1. The standard InChI is InChI=1S/C69H60O4Si5/c1-2-58-74(59-36-14-3-15-37-59,60-38-16-4-17-39-60)70-76(64-46-24-8-25-47-64,65-48-26-9-27-49-65)72-78(68-54-32-12-33-55-68,69-56-34-13-35-57-69)73-77(66-50-28-10-29-51-66,67-52-30-11-31-53-67)71-75(61-40-18-5-19-41-61,62-42-20-6-21-43-62)63-44-22-7-23-45-63/h2-57H,1,58H2. The highest BCUT2D eigenvalue weighted by Gasteiger charge is 2.64. The van der Waals surface area contributed by atoms with Gasteiger partial charge in [0.25, 0.3) is 16.6 Å². The van der Waals surface area contributed by atoms with Gasteiger partial charge in [-0.15, -0.1) is 6.58 Å². The van der Waals surface area contributed by atoms with Crippen molar-refractivity contribution in [2.45, 2.75) is 6.04 Å². The first-order valence-electron chi connectivity index (χ1n) is 26.6. The van der Waals surface area contributed by atoms with E-state index in [1.165, 1.54) is 0 Å². The molecule has 0 aliphatic carbocycles. The summed E-state index contributed by atoms with van der Waals surface area (Å²) in [5, 5.41) is 11.1. The maximum Gasteiger partial charge on any atom is 0.390 e. The third-order valence-corrected chi connectivity index (χ3v) is 37.5. The van der Waals surface area contributed by atoms with Gasteiger partial charge in [-0.3, -0.25) is 0 Å². The van der Waals surface area contributed by atoms with Gasteiger partial charge in [-0.1, -0.05) is 340 Å². The lowest BCUT2D eigenvalue weighted by Crippen LogP contribution is -2.85. The summed E-state index contributed by atoms with van der Waals surface area (Å²) in [6.45, 7) is 4.47. The summed E-state index contributed by atoms with van der Waals surface area (Å²) in [6.07, 6.45) is 2.04. The fraction of sp³-hybridized carbons (Fsp3) is 0.0145. The van der Waals surface area contributed by atoms with Crippen LogP contribution in [0.25, 0.3) is 0 Å². The minimum absolute atomic E-state index is 0.570. The van der Waals surface area contributed by atoms with Gasteiger partial charge in [0.15, 0.2) is 0 Å². The van der Waals surface area contributed by atoms with Gasteiger partial charge < -0.3 is 16.5 Å². The second-order valence-corrected chi connectivity index (χ2v) is 36.0. The molecular weight excluding hydrogens is 1030 g/mol. The molecule has 0 atom stereocenters. The van der Waals surface area contributed by atoms with Crippen molar-refractivity contribution in [3.05, 3.63) is 346 Å². The molecule has 0 saturated carbocycles. The normalized spacial score (nSPS) is 12.2. The van der Waals surface area contributed by atoms with Gasteiger partial charge >= 0.3 is 25.7 Å². The van der Waals surface area contributed by atoms with E-state index in [0.29, 0.717) is 6.04 Å². The molecule has 0 bridgehead atoms. The Bertz CT molecular complexity index is 3340. The van der Waals surface area contributed by atoms with Crippen molar-refractivity contribution >= 4 is 99.4 Å². The van der Waals surface area contributed by atoms with Gasteiger partial charge in [-0.25, -0.2) is 0 Å². The van der Waals surface area contributed by atoms with E-state index in [4.69, 9.17) is 16.5 Å². The molecule has 0 aromatic heterocycles. The molecule has 0 saturated heterocycles. The summed E-state index contributed by atoms with van der Waals surface area (Å²) >= 11 is 0. The number of rotatable bonds is 21. The first kappa shape index (κ1) is 52.2. The molecular formula is C69H60O4Si5. The highest BCUT2D eigenvalue weighted by molar-refractivity contribution is 7.17. The second-order valence-electron chi connectivity index (χ2n) is 19.3. The van der Waals surface area contributed by atoms with Crippen LogP contribution in [0.15, 0.2) is 346 Å². The molecule has 380 valence electrons. The SMILES string of the molecule is C=CC[Si](O[Si](O[Si](O[Si](O[Si](c1ccccc1)(c1ccccc1)c1ccccc1)(c1ccccc1)c1ccccc1)(c1ccccc1)c1ccccc1)(c1ccccc1)c1ccccc1)(c1ccccc1)c1ccccc1. The van der Waals surface area contributed by atoms with E-state index in [2.05, 4.69) is 340 Å². The Labute approximate surface area is 465 Å². The Morgan fingerprint density at radius 2 is 0.397 bits per heavy atom. The zero-order valence-corrected chi connectivity index (χ0v) is 48.4. The van der Waals surface area contributed by atoms with Gasteiger partial charge in [-0.2, -0.15) is 0 Å². The lowest BCUT2D eigenvalue weighted by Gasteiger charge is -2.50. The minimum Gasteiger partial charge on any atom is -0.422 e. The molecule has 11 aromatic carbocycles. The van der Waals surface area contributed by atoms with Crippen LogP contribution in [0.3, 0.4) is 0 Å². The molecule has 11 rings (SSSR count). The topological polar surface area (TPSA) is 36.9 Å². The van der Waals surface area contributed by atoms with Crippen molar-refractivity contribution in [2.24, 2.45) is 0 Å². The predicted octanol–water partition coefficient (Wildman–Crippen LogP) is 8.44. The largest absolute Gasteiger partial charge is 0.422 e. The van der Waals surface area contributed by atoms with Crippen molar-refractivity contribution in [3.63, 3.8) is 0 Å². The summed E-state index contributed by atoms with van der Waals surface area (Å²) < 4.78 is 35.8. The van der Waals surface area contributed by atoms with E-state index < -0.39 is 42.3 Å². The predicted molar refractivity (Wildman–Crippen MR) is 335 cm³/mol. The number of hydrogen-bond acceptors (Lipinski definition) is 4. The first-order valence-corrected chi connectivity index (χ1v) is 36.0. The van der Waals surface area contributed by atoms with Crippen LogP contribution in [0, 0.1) is 0 Å². The molecule has 0 spiro atoms. The zero-order valence-electron chi connectivity index (χ0n) is 43.4. The van der Waals surface area contributed by atoms with Crippen LogP contribution in [-0.4, -0.2) is 42.3 Å². The average Bonchev–Trinajstić information content (AvgIpc) is 3.68. The van der Waals surface area contributed by atoms with Crippen LogP contribution < -0.4 is 57.1 Å². The fourth-order valence-electron chi connectivity index (χ4n) is 11.0. The lowest BCUT2D eigenvalue weighted by molar-refractivity contribution is 0.329. The van der Waals surface area contributed by atoms with Gasteiger partial charge in [0.05, 0.1) is 0 Å². The fourth-order valence-corrected chi connectivity index (χ4v) is 38.3. The van der Waals surface area contributed by atoms with Crippen molar-refractivity contribution in [1.82, 2.24) is 0 Å². The molecule has 0 heterocycles. The average molecular weight is 1090 g/mol. The van der Waals surface area contributed by atoms with Crippen LogP contribution in [0.5, 0.6) is 0 Å². The summed E-state index contributed by atoms with van der Waals surface area (Å²) in [4.78, 5) is 0. The summed E-state index contributed by atoms with van der Waals surface area (Å²) in [5.41, 5.74) is 0. The van der Waals surface area contributed by atoms with E-state index >= 15 is 0 Å². The highest BCUT2D eigenvalue weighted by Crippen LogP contribution is 2.30. The van der Waals surface area contributed by atoms with Crippen molar-refractivity contribution in [2.75, 3.05) is 0 Å². The van der Waals surface area contributed by atoms with E-state index in [1.807, 2.05) is 6.08 Å². The van der Waals surface area contributed by atoms with Crippen molar-refractivity contribution in [1.29, 1.82) is 0 Å². The Balaban J connectivity index is 1.30. The molecule has 0 N–H and O–H groups in total. The molecule has 0 aliphatic heterocycles. The monoisotopic (exact) mass is 1090 g/mol. The summed E-state index contributed by atoms with van der Waals surface area (Å²) in [6, 6.07) is 119. The van der Waals surface area contributed by atoms with Crippen molar-refractivity contribution in [3.8, 4) is 0 Å². The van der Waals surface area contributed by atoms with Gasteiger partial charge in [0.1, 0.15) is 0 Å². The summed E-state index contributed by atoms with van der Waals surface area (Å²) in [5.74, 6) is 0. The molecule has 0 amide bonds. The Hall–Kier alpha value is -7.92. The second kappa shape index (κ2) is 23.8. The molecule has 9 heteroatoms. The highest BCUT2D eigenvalue weighted by atomic mass is 28.5. The van der Waals surface area contributed by atoms with Crippen LogP contribution in [0.4, 0.5) is 0 Å². The third-order valence-electron chi connectivity index (χ3n) is 14.6.